The average Bonchev–Trinajstić information content (AvgIpc) is 3.23. The fourth-order valence-electron chi connectivity index (χ4n) is 2.67. The predicted molar refractivity (Wildman–Crippen MR) is 79.6 cm³/mol. The van der Waals surface area contributed by atoms with Gasteiger partial charge in [0, 0.05) is 23.7 Å². The maximum absolute atomic E-state index is 6.56. The van der Waals surface area contributed by atoms with E-state index in [4.69, 9.17) is 11.6 Å². The average molecular weight is 272 g/mol. The van der Waals surface area contributed by atoms with E-state index in [-0.39, 0.29) is 5.38 Å². The fourth-order valence-corrected chi connectivity index (χ4v) is 3.10. The number of aromatic nitrogens is 1. The summed E-state index contributed by atoms with van der Waals surface area (Å²) >= 11 is 6.56. The molecule has 0 amide bonds. The summed E-state index contributed by atoms with van der Waals surface area (Å²) in [6, 6.07) is 14.9. The SMILES string of the molecule is Cc1ccc(CC(Cl)C2CC2c2ccccc2)nc1. The molecule has 1 saturated carbocycles. The minimum Gasteiger partial charge on any atom is -0.261 e. The molecule has 1 aromatic carbocycles. The Balaban J connectivity index is 1.61. The lowest BCUT2D eigenvalue weighted by Gasteiger charge is -2.09. The smallest absolute Gasteiger partial charge is 0.0425 e. The van der Waals surface area contributed by atoms with Gasteiger partial charge in [0.1, 0.15) is 0 Å². The first kappa shape index (κ1) is 12.7. The number of rotatable bonds is 4. The van der Waals surface area contributed by atoms with E-state index in [0.29, 0.717) is 11.8 Å². The van der Waals surface area contributed by atoms with Crippen LogP contribution in [-0.2, 0) is 6.42 Å². The number of alkyl halides is 1. The Morgan fingerprint density at radius 3 is 2.68 bits per heavy atom. The van der Waals surface area contributed by atoms with E-state index in [1.54, 1.807) is 0 Å². The molecular weight excluding hydrogens is 254 g/mol. The van der Waals surface area contributed by atoms with Crippen molar-refractivity contribution in [1.29, 1.82) is 0 Å². The van der Waals surface area contributed by atoms with Crippen molar-refractivity contribution in [2.24, 2.45) is 5.92 Å². The lowest BCUT2D eigenvalue weighted by molar-refractivity contribution is 0.703. The summed E-state index contributed by atoms with van der Waals surface area (Å²) in [6.07, 6.45) is 4.00. The van der Waals surface area contributed by atoms with Crippen molar-refractivity contribution in [3.8, 4) is 0 Å². The Morgan fingerprint density at radius 1 is 1.21 bits per heavy atom. The second-order valence-corrected chi connectivity index (χ2v) is 6.02. The van der Waals surface area contributed by atoms with Crippen molar-refractivity contribution in [3.63, 3.8) is 0 Å². The quantitative estimate of drug-likeness (QED) is 0.754. The zero-order chi connectivity index (χ0) is 13.2. The van der Waals surface area contributed by atoms with Gasteiger partial charge in [-0.1, -0.05) is 36.4 Å². The van der Waals surface area contributed by atoms with Crippen LogP contribution in [0.1, 0.15) is 29.2 Å². The molecule has 0 radical (unpaired) electrons. The molecule has 2 aromatic rings. The van der Waals surface area contributed by atoms with Gasteiger partial charge in [-0.15, -0.1) is 11.6 Å². The maximum atomic E-state index is 6.56. The van der Waals surface area contributed by atoms with Crippen LogP contribution in [0.3, 0.4) is 0 Å². The molecule has 0 bridgehead atoms. The van der Waals surface area contributed by atoms with Gasteiger partial charge in [0.05, 0.1) is 0 Å². The van der Waals surface area contributed by atoms with Crippen LogP contribution >= 0.6 is 11.6 Å². The van der Waals surface area contributed by atoms with Gasteiger partial charge in [0.2, 0.25) is 0 Å². The molecule has 1 aliphatic carbocycles. The minimum atomic E-state index is 0.195. The van der Waals surface area contributed by atoms with E-state index < -0.39 is 0 Å². The summed E-state index contributed by atoms with van der Waals surface area (Å²) in [5.74, 6) is 1.25. The zero-order valence-electron chi connectivity index (χ0n) is 11.1. The molecule has 3 unspecified atom stereocenters. The van der Waals surface area contributed by atoms with Crippen LogP contribution in [0.2, 0.25) is 0 Å². The highest BCUT2D eigenvalue weighted by Gasteiger charge is 2.42. The Kier molecular flexibility index (Phi) is 3.56. The summed E-state index contributed by atoms with van der Waals surface area (Å²) in [5.41, 5.74) is 3.72. The zero-order valence-corrected chi connectivity index (χ0v) is 11.8. The van der Waals surface area contributed by atoms with Gasteiger partial charge in [-0.2, -0.15) is 0 Å². The molecule has 0 saturated heterocycles. The standard InChI is InChI=1S/C17H18ClN/c1-12-7-8-14(19-11-12)9-17(18)16-10-15(16)13-5-3-2-4-6-13/h2-8,11,15-17H,9-10H2,1H3. The maximum Gasteiger partial charge on any atom is 0.0425 e. The fraction of sp³-hybridized carbons (Fsp3) is 0.353. The van der Waals surface area contributed by atoms with E-state index in [2.05, 4.69) is 54.4 Å². The monoisotopic (exact) mass is 271 g/mol. The molecule has 1 heterocycles. The molecule has 19 heavy (non-hydrogen) atoms. The summed E-state index contributed by atoms with van der Waals surface area (Å²) < 4.78 is 0. The van der Waals surface area contributed by atoms with Crippen LogP contribution in [-0.4, -0.2) is 10.4 Å². The van der Waals surface area contributed by atoms with Crippen molar-refractivity contribution in [2.45, 2.75) is 31.1 Å². The predicted octanol–water partition coefficient (Wildman–Crippen LogP) is 4.34. The van der Waals surface area contributed by atoms with Crippen molar-refractivity contribution in [3.05, 3.63) is 65.5 Å². The van der Waals surface area contributed by atoms with Crippen LogP contribution in [0.4, 0.5) is 0 Å². The summed E-state index contributed by atoms with van der Waals surface area (Å²) in [6.45, 7) is 2.06. The highest BCUT2D eigenvalue weighted by Crippen LogP contribution is 2.51. The van der Waals surface area contributed by atoms with Crippen LogP contribution in [0.5, 0.6) is 0 Å². The van der Waals surface area contributed by atoms with Gasteiger partial charge in [-0.25, -0.2) is 0 Å². The number of hydrogen-bond acceptors (Lipinski definition) is 1. The number of benzene rings is 1. The lowest BCUT2D eigenvalue weighted by Crippen LogP contribution is -2.08. The molecule has 0 N–H and O–H groups in total. The van der Waals surface area contributed by atoms with E-state index >= 15 is 0 Å². The van der Waals surface area contributed by atoms with Gasteiger partial charge in [0.25, 0.3) is 0 Å². The first-order valence-electron chi connectivity index (χ1n) is 6.84. The summed E-state index contributed by atoms with van der Waals surface area (Å²) in [5, 5.41) is 0.195. The third kappa shape index (κ3) is 2.98. The number of hydrogen-bond donors (Lipinski definition) is 0. The molecular formula is C17H18ClN. The minimum absolute atomic E-state index is 0.195. The number of halogens is 1. The largest absolute Gasteiger partial charge is 0.261 e. The van der Waals surface area contributed by atoms with Gasteiger partial charge in [-0.05, 0) is 42.4 Å². The summed E-state index contributed by atoms with van der Waals surface area (Å²) in [4.78, 5) is 4.44. The molecule has 1 aromatic heterocycles. The van der Waals surface area contributed by atoms with Crippen LogP contribution in [0.25, 0.3) is 0 Å². The van der Waals surface area contributed by atoms with Crippen molar-refractivity contribution < 1.29 is 0 Å². The molecule has 0 aliphatic heterocycles. The van der Waals surface area contributed by atoms with E-state index in [0.717, 1.165) is 12.1 Å². The molecule has 3 atom stereocenters. The number of aryl methyl sites for hydroxylation is 1. The normalized spacial score (nSPS) is 23.1. The number of nitrogens with zero attached hydrogens (tertiary/aromatic N) is 1. The molecule has 0 spiro atoms. The second kappa shape index (κ2) is 5.34. The molecule has 98 valence electrons. The van der Waals surface area contributed by atoms with Gasteiger partial charge >= 0.3 is 0 Å². The molecule has 2 heteroatoms. The first-order valence-corrected chi connectivity index (χ1v) is 7.28. The summed E-state index contributed by atoms with van der Waals surface area (Å²) in [7, 11) is 0. The van der Waals surface area contributed by atoms with Crippen LogP contribution in [0, 0.1) is 12.8 Å². The molecule has 1 nitrogen and oxygen atoms in total. The highest BCUT2D eigenvalue weighted by molar-refractivity contribution is 6.21. The van der Waals surface area contributed by atoms with Gasteiger partial charge in [0.15, 0.2) is 0 Å². The van der Waals surface area contributed by atoms with Crippen LogP contribution < -0.4 is 0 Å². The first-order chi connectivity index (χ1) is 9.24. The molecule has 3 rings (SSSR count). The second-order valence-electron chi connectivity index (χ2n) is 5.46. The Labute approximate surface area is 119 Å². The highest BCUT2D eigenvalue weighted by atomic mass is 35.5. The van der Waals surface area contributed by atoms with E-state index in [1.807, 2.05) is 6.20 Å². The van der Waals surface area contributed by atoms with Crippen molar-refractivity contribution in [1.82, 2.24) is 4.98 Å². The van der Waals surface area contributed by atoms with Gasteiger partial charge in [-0.3, -0.25) is 4.98 Å². The topological polar surface area (TPSA) is 12.9 Å². The third-order valence-electron chi connectivity index (χ3n) is 3.91. The van der Waals surface area contributed by atoms with Crippen molar-refractivity contribution in [2.75, 3.05) is 0 Å². The molecule has 1 aliphatic rings. The van der Waals surface area contributed by atoms with E-state index in [1.165, 1.54) is 17.5 Å². The van der Waals surface area contributed by atoms with Gasteiger partial charge < -0.3 is 0 Å². The van der Waals surface area contributed by atoms with Crippen LogP contribution in [0.15, 0.2) is 48.7 Å². The Hall–Kier alpha value is -1.34. The molecule has 1 fully saturated rings. The Morgan fingerprint density at radius 2 is 2.00 bits per heavy atom. The third-order valence-corrected chi connectivity index (χ3v) is 4.39. The Bertz CT molecular complexity index is 535. The lowest BCUT2D eigenvalue weighted by atomic mass is 10.1. The number of pyridine rings is 1. The van der Waals surface area contributed by atoms with Crippen molar-refractivity contribution >= 4 is 11.6 Å². The van der Waals surface area contributed by atoms with E-state index in [9.17, 15) is 0 Å².